The smallest absolute Gasteiger partial charge is 0.203 e. The Morgan fingerprint density at radius 2 is 1.42 bits per heavy atom. The summed E-state index contributed by atoms with van der Waals surface area (Å²) in [5.74, 6) is 2.04. The van der Waals surface area contributed by atoms with Crippen molar-refractivity contribution >= 4 is 16.6 Å². The van der Waals surface area contributed by atoms with Gasteiger partial charge in [0.05, 0.1) is 26.8 Å². The normalized spacial score (nSPS) is 12.8. The molecule has 0 fully saturated rings. The molecule has 0 saturated heterocycles. The number of pyridine rings is 1. The zero-order valence-electron chi connectivity index (χ0n) is 23.5. The summed E-state index contributed by atoms with van der Waals surface area (Å²) in [4.78, 5) is 4.96. The zero-order valence-corrected chi connectivity index (χ0v) is 23.5. The molecule has 0 radical (unpaired) electrons. The monoisotopic (exact) mass is 519 g/mol. The quantitative estimate of drug-likeness (QED) is 0.197. The standard InChI is InChI=1S/C32H45N3O3/c1-36-29-21-24(22-30(37-2)32(29)38-3)23-33-19-13-7-5-4-6-8-14-20-34-31-25-15-9-11-17-27(25)35-28-18-12-10-16-26(28)31/h9,11,15,17,21-22,33H,4-8,10,12-14,16,18-20,23H2,1-3H3,(H,34,35). The Morgan fingerprint density at radius 3 is 2.13 bits per heavy atom. The first kappa shape index (κ1) is 28.0. The fourth-order valence-corrected chi connectivity index (χ4v) is 5.52. The van der Waals surface area contributed by atoms with Crippen molar-refractivity contribution in [3.63, 3.8) is 0 Å². The van der Waals surface area contributed by atoms with Gasteiger partial charge in [-0.15, -0.1) is 0 Å². The third-order valence-electron chi connectivity index (χ3n) is 7.56. The molecule has 0 amide bonds. The van der Waals surface area contributed by atoms with Gasteiger partial charge in [-0.3, -0.25) is 4.98 Å². The van der Waals surface area contributed by atoms with Gasteiger partial charge in [0.1, 0.15) is 0 Å². The number of nitrogens with zero attached hydrogens (tertiary/aromatic N) is 1. The lowest BCUT2D eigenvalue weighted by Crippen LogP contribution is -2.15. The molecule has 2 N–H and O–H groups in total. The molecule has 3 aromatic rings. The van der Waals surface area contributed by atoms with E-state index in [1.165, 1.54) is 80.1 Å². The van der Waals surface area contributed by atoms with Gasteiger partial charge in [-0.25, -0.2) is 0 Å². The van der Waals surface area contributed by atoms with Crippen LogP contribution in [0.2, 0.25) is 0 Å². The minimum Gasteiger partial charge on any atom is -0.493 e. The topological polar surface area (TPSA) is 64.6 Å². The number of hydrogen-bond donors (Lipinski definition) is 2. The molecule has 38 heavy (non-hydrogen) atoms. The largest absolute Gasteiger partial charge is 0.493 e. The van der Waals surface area contributed by atoms with Gasteiger partial charge in [-0.1, -0.05) is 50.3 Å². The molecule has 1 heterocycles. The number of rotatable bonds is 16. The molecule has 206 valence electrons. The highest BCUT2D eigenvalue weighted by Gasteiger charge is 2.17. The highest BCUT2D eigenvalue weighted by atomic mass is 16.5. The van der Waals surface area contributed by atoms with Gasteiger partial charge in [-0.2, -0.15) is 0 Å². The van der Waals surface area contributed by atoms with E-state index in [0.717, 1.165) is 43.6 Å². The SMILES string of the molecule is COc1cc(CNCCCCCCCCCNc2c3c(nc4ccccc24)CCCC3)cc(OC)c1OC. The molecule has 6 nitrogen and oxygen atoms in total. The molecule has 6 heteroatoms. The highest BCUT2D eigenvalue weighted by Crippen LogP contribution is 2.38. The predicted octanol–water partition coefficient (Wildman–Crippen LogP) is 7.07. The van der Waals surface area contributed by atoms with E-state index < -0.39 is 0 Å². The molecule has 1 aliphatic carbocycles. The highest BCUT2D eigenvalue weighted by molar-refractivity contribution is 5.93. The molecule has 0 saturated carbocycles. The number of aryl methyl sites for hydroxylation is 1. The second-order valence-electron chi connectivity index (χ2n) is 10.2. The maximum absolute atomic E-state index is 5.45. The molecule has 1 aliphatic rings. The van der Waals surface area contributed by atoms with Crippen LogP contribution in [0.3, 0.4) is 0 Å². The van der Waals surface area contributed by atoms with Crippen molar-refractivity contribution in [2.75, 3.05) is 39.7 Å². The molecule has 1 aromatic heterocycles. The third-order valence-corrected chi connectivity index (χ3v) is 7.56. The van der Waals surface area contributed by atoms with E-state index in [-0.39, 0.29) is 0 Å². The van der Waals surface area contributed by atoms with Crippen LogP contribution in [0.5, 0.6) is 17.2 Å². The lowest BCUT2D eigenvalue weighted by Gasteiger charge is -2.21. The molecular formula is C32H45N3O3. The number of ether oxygens (including phenoxy) is 3. The van der Waals surface area contributed by atoms with Crippen LogP contribution in [0, 0.1) is 0 Å². The summed E-state index contributed by atoms with van der Waals surface area (Å²) in [6.07, 6.45) is 13.8. The van der Waals surface area contributed by atoms with Gasteiger partial charge >= 0.3 is 0 Å². The first-order valence-corrected chi connectivity index (χ1v) is 14.4. The minimum atomic E-state index is 0.638. The van der Waals surface area contributed by atoms with Gasteiger partial charge in [-0.05, 0) is 74.4 Å². The van der Waals surface area contributed by atoms with Gasteiger partial charge in [0.15, 0.2) is 11.5 Å². The number of methoxy groups -OCH3 is 3. The fraction of sp³-hybridized carbons (Fsp3) is 0.531. The number of unbranched alkanes of at least 4 members (excludes halogenated alkanes) is 6. The first-order valence-electron chi connectivity index (χ1n) is 14.4. The van der Waals surface area contributed by atoms with Crippen LogP contribution in [0.1, 0.15) is 74.6 Å². The summed E-state index contributed by atoms with van der Waals surface area (Å²) >= 11 is 0. The van der Waals surface area contributed by atoms with Crippen molar-refractivity contribution in [3.8, 4) is 17.2 Å². The molecule has 2 aromatic carbocycles. The van der Waals surface area contributed by atoms with E-state index in [4.69, 9.17) is 19.2 Å². The van der Waals surface area contributed by atoms with Crippen LogP contribution in [-0.4, -0.2) is 39.4 Å². The van der Waals surface area contributed by atoms with Crippen LogP contribution >= 0.6 is 0 Å². The zero-order chi connectivity index (χ0) is 26.6. The second kappa shape index (κ2) is 14.8. The Balaban J connectivity index is 1.08. The van der Waals surface area contributed by atoms with Gasteiger partial charge in [0.2, 0.25) is 5.75 Å². The van der Waals surface area contributed by atoms with Crippen LogP contribution in [0.4, 0.5) is 5.69 Å². The predicted molar refractivity (Wildman–Crippen MR) is 157 cm³/mol. The van der Waals surface area contributed by atoms with E-state index in [0.29, 0.717) is 17.2 Å². The average Bonchev–Trinajstić information content (AvgIpc) is 2.96. The number of hydrogen-bond acceptors (Lipinski definition) is 6. The van der Waals surface area contributed by atoms with Crippen molar-refractivity contribution in [1.82, 2.24) is 10.3 Å². The van der Waals surface area contributed by atoms with E-state index >= 15 is 0 Å². The van der Waals surface area contributed by atoms with Gasteiger partial charge in [0, 0.05) is 29.9 Å². The number of benzene rings is 2. The molecule has 0 spiro atoms. The Morgan fingerprint density at radius 1 is 0.763 bits per heavy atom. The number of fused-ring (bicyclic) bond motifs is 2. The van der Waals surface area contributed by atoms with Crippen molar-refractivity contribution in [2.45, 2.75) is 77.2 Å². The van der Waals surface area contributed by atoms with Crippen LogP contribution in [0.25, 0.3) is 10.9 Å². The lowest BCUT2D eigenvalue weighted by atomic mass is 9.92. The van der Waals surface area contributed by atoms with E-state index in [1.807, 2.05) is 12.1 Å². The Kier molecular flexibility index (Phi) is 10.9. The van der Waals surface area contributed by atoms with Crippen LogP contribution < -0.4 is 24.8 Å². The molecule has 4 rings (SSSR count). The number of nitrogens with one attached hydrogen (secondary N) is 2. The molecular weight excluding hydrogens is 474 g/mol. The summed E-state index contributed by atoms with van der Waals surface area (Å²) in [6.45, 7) is 2.86. The van der Waals surface area contributed by atoms with Crippen LogP contribution in [0.15, 0.2) is 36.4 Å². The Labute approximate surface area is 228 Å². The summed E-state index contributed by atoms with van der Waals surface area (Å²) < 4.78 is 16.3. The average molecular weight is 520 g/mol. The van der Waals surface area contributed by atoms with Crippen molar-refractivity contribution in [2.24, 2.45) is 0 Å². The van der Waals surface area contributed by atoms with Gasteiger partial charge in [0.25, 0.3) is 0 Å². The minimum absolute atomic E-state index is 0.638. The van der Waals surface area contributed by atoms with Crippen LogP contribution in [-0.2, 0) is 19.4 Å². The van der Waals surface area contributed by atoms with Gasteiger partial charge < -0.3 is 24.8 Å². The summed E-state index contributed by atoms with van der Waals surface area (Å²) in [6, 6.07) is 12.6. The molecule has 0 unspecified atom stereocenters. The third kappa shape index (κ3) is 7.31. The van der Waals surface area contributed by atoms with Crippen molar-refractivity contribution < 1.29 is 14.2 Å². The number of aromatic nitrogens is 1. The van der Waals surface area contributed by atoms with Crippen molar-refractivity contribution in [3.05, 3.63) is 53.2 Å². The second-order valence-corrected chi connectivity index (χ2v) is 10.2. The number of anilines is 1. The summed E-state index contributed by atoms with van der Waals surface area (Å²) in [5.41, 5.74) is 6.40. The molecule has 0 aliphatic heterocycles. The van der Waals surface area contributed by atoms with E-state index in [9.17, 15) is 0 Å². The maximum Gasteiger partial charge on any atom is 0.203 e. The lowest BCUT2D eigenvalue weighted by molar-refractivity contribution is 0.323. The maximum atomic E-state index is 5.45. The Hall–Kier alpha value is -2.99. The first-order chi connectivity index (χ1) is 18.7. The van der Waals surface area contributed by atoms with Crippen molar-refractivity contribution in [1.29, 1.82) is 0 Å². The van der Waals surface area contributed by atoms with E-state index in [2.05, 4.69) is 34.9 Å². The number of para-hydroxylation sites is 1. The Bertz CT molecular complexity index is 1140. The van der Waals surface area contributed by atoms with E-state index in [1.54, 1.807) is 21.3 Å². The summed E-state index contributed by atoms with van der Waals surface area (Å²) in [7, 11) is 4.94. The molecule has 0 bridgehead atoms. The molecule has 0 atom stereocenters. The summed E-state index contributed by atoms with van der Waals surface area (Å²) in [5, 5.41) is 8.63. The fourth-order valence-electron chi connectivity index (χ4n) is 5.52.